The van der Waals surface area contributed by atoms with Crippen molar-refractivity contribution in [1.29, 1.82) is 0 Å². The highest BCUT2D eigenvalue weighted by atomic mass is 15.2. The molecule has 5 aliphatic heterocycles. The van der Waals surface area contributed by atoms with Crippen molar-refractivity contribution in [1.82, 2.24) is 79.2 Å². The first-order valence-corrected chi connectivity index (χ1v) is 42.3. The third-order valence-corrected chi connectivity index (χ3v) is 21.3. The van der Waals surface area contributed by atoms with Crippen molar-refractivity contribution < 1.29 is 0 Å². The van der Waals surface area contributed by atoms with E-state index < -0.39 is 0 Å². The molecule has 8 N–H and O–H groups in total. The fourth-order valence-electron chi connectivity index (χ4n) is 13.8. The highest BCUT2D eigenvalue weighted by Gasteiger charge is 2.27. The van der Waals surface area contributed by atoms with Gasteiger partial charge in [-0.15, -0.1) is 0 Å². The van der Waals surface area contributed by atoms with E-state index in [0.29, 0.717) is 41.0 Å². The number of hydrogen-bond acceptors (Lipinski definition) is 19. The first-order chi connectivity index (χ1) is 48.1. The lowest BCUT2D eigenvalue weighted by Crippen LogP contribution is -2.50. The van der Waals surface area contributed by atoms with E-state index in [1.165, 1.54) is 207 Å². The van der Waals surface area contributed by atoms with E-state index in [0.717, 1.165) is 104 Å². The van der Waals surface area contributed by atoms with Crippen LogP contribution in [-0.2, 0) is 0 Å². The average Bonchev–Trinajstić information content (AvgIpc) is 1.44. The Morgan fingerprint density at radius 3 is 1.20 bits per heavy atom. The predicted molar refractivity (Wildman–Crippen MR) is 458 cm³/mol. The van der Waals surface area contributed by atoms with Crippen molar-refractivity contribution in [2.24, 2.45) is 28.0 Å². The van der Waals surface area contributed by atoms with Crippen molar-refractivity contribution in [3.05, 3.63) is 0 Å². The molecule has 0 aromatic rings. The normalized spacial score (nSPS) is 21.5. The molecule has 6 fully saturated rings. The van der Waals surface area contributed by atoms with Gasteiger partial charge < -0.3 is 91.5 Å². The van der Waals surface area contributed by atoms with Crippen LogP contribution in [0.4, 0.5) is 0 Å². The molecule has 0 bridgehead atoms. The molecule has 7 unspecified atom stereocenters. The van der Waals surface area contributed by atoms with Crippen molar-refractivity contribution in [2.75, 3.05) is 282 Å². The molecule has 6 aliphatic rings. The summed E-state index contributed by atoms with van der Waals surface area (Å²) in [7, 11) is 31.9. The maximum absolute atomic E-state index is 5.48. The summed E-state index contributed by atoms with van der Waals surface area (Å²) in [5.74, 6) is 0. The highest BCUT2D eigenvalue weighted by molar-refractivity contribution is 4.87. The molecule has 1 saturated carbocycles. The Morgan fingerprint density at radius 1 is 0.451 bits per heavy atom. The van der Waals surface area contributed by atoms with Gasteiger partial charge >= 0.3 is 0 Å². The van der Waals surface area contributed by atoms with Gasteiger partial charge in [0, 0.05) is 121 Å². The zero-order valence-electron chi connectivity index (χ0n) is 74.6. The fraction of sp³-hybridized carbons (Fsp3) is 1.00. The van der Waals surface area contributed by atoms with Gasteiger partial charge in [-0.2, -0.15) is 0 Å². The molecule has 5 heterocycles. The number of nitrogens with one attached hydrogen (secondary N) is 2. The average molecular weight is 1460 g/mol. The van der Waals surface area contributed by atoms with Gasteiger partial charge in [0.25, 0.3) is 0 Å². The third kappa shape index (κ3) is 63.1. The minimum Gasteiger partial charge on any atom is -0.330 e. The van der Waals surface area contributed by atoms with Gasteiger partial charge in [0.15, 0.2) is 0 Å². The second-order valence-corrected chi connectivity index (χ2v) is 35.0. The summed E-state index contributed by atoms with van der Waals surface area (Å²) in [6, 6.07) is 5.11. The Morgan fingerprint density at radius 2 is 0.873 bits per heavy atom. The maximum atomic E-state index is 5.48. The first-order valence-electron chi connectivity index (χ1n) is 42.3. The van der Waals surface area contributed by atoms with Crippen LogP contribution < -0.4 is 27.8 Å². The summed E-state index contributed by atoms with van der Waals surface area (Å²) in [5.41, 5.74) is 17.2. The van der Waals surface area contributed by atoms with Gasteiger partial charge in [-0.05, 0) is 331 Å². The Bertz CT molecular complexity index is 1680. The third-order valence-electron chi connectivity index (χ3n) is 21.3. The molecule has 102 heavy (non-hydrogen) atoms. The smallest absolute Gasteiger partial charge is 0.0221 e. The molecule has 618 valence electrons. The summed E-state index contributed by atoms with van der Waals surface area (Å²) < 4.78 is 0. The minimum absolute atomic E-state index is 0.441. The van der Waals surface area contributed by atoms with Crippen LogP contribution in [0.15, 0.2) is 0 Å². The summed E-state index contributed by atoms with van der Waals surface area (Å²) >= 11 is 0. The molecule has 1 aliphatic carbocycles. The number of hydrogen-bond donors (Lipinski definition) is 5. The van der Waals surface area contributed by atoms with Crippen LogP contribution in [0, 0.1) is 10.8 Å². The van der Waals surface area contributed by atoms with Gasteiger partial charge in [-0.25, -0.2) is 0 Å². The number of nitrogens with zero attached hydrogens (tertiary/aromatic N) is 14. The van der Waals surface area contributed by atoms with Crippen LogP contribution in [-0.4, -0.2) is 393 Å². The predicted octanol–water partition coefficient (Wildman–Crippen LogP) is 9.91. The molecule has 0 amide bonds. The molecule has 7 atom stereocenters. The molecule has 19 nitrogen and oxygen atoms in total. The van der Waals surface area contributed by atoms with E-state index >= 15 is 0 Å². The van der Waals surface area contributed by atoms with Crippen LogP contribution in [0.3, 0.4) is 0 Å². The number of likely N-dealkylation sites (N-methyl/N-ethyl adjacent to an activating group) is 11. The van der Waals surface area contributed by atoms with Gasteiger partial charge in [-0.1, -0.05) is 95.4 Å². The molecular formula is C83H191N19. The van der Waals surface area contributed by atoms with E-state index in [9.17, 15) is 0 Å². The Kier molecular flexibility index (Phi) is 68.3. The molecule has 0 radical (unpaired) electrons. The molecular weight excluding hydrogens is 1260 g/mol. The lowest BCUT2D eigenvalue weighted by Gasteiger charge is -2.34. The molecule has 0 spiro atoms. The SMILES string of the molecule is CC(C)(C)CCNC1CCCCC1NCCC(C)(C)C.CC1CCCCN1CCCN.CCC(CN(C)C)N(C)C.CCN(CC)CC(C)N(CC)CC.CN(C)CCN(C)C.CN(C)CCN(C)CCN(C)C.CN1CCCC1CN.CN1CCCC1CN1CCCC1.NCCN1CCCC1. The summed E-state index contributed by atoms with van der Waals surface area (Å²) in [4.78, 5) is 33.1. The first kappa shape index (κ1) is 105. The Labute approximate surface area is 640 Å². The van der Waals surface area contributed by atoms with Crippen molar-refractivity contribution >= 4 is 0 Å². The Hall–Kier alpha value is -0.760. The van der Waals surface area contributed by atoms with Crippen molar-refractivity contribution in [3.63, 3.8) is 0 Å². The van der Waals surface area contributed by atoms with Gasteiger partial charge in [0.2, 0.25) is 0 Å². The van der Waals surface area contributed by atoms with E-state index in [2.05, 4.69) is 275 Å². The topological polar surface area (TPSA) is 147 Å². The van der Waals surface area contributed by atoms with E-state index in [4.69, 9.17) is 17.2 Å². The minimum atomic E-state index is 0.441. The second kappa shape index (κ2) is 66.1. The lowest BCUT2D eigenvalue weighted by atomic mass is 9.88. The van der Waals surface area contributed by atoms with Crippen LogP contribution in [0.5, 0.6) is 0 Å². The maximum Gasteiger partial charge on any atom is 0.0221 e. The van der Waals surface area contributed by atoms with Crippen LogP contribution in [0.1, 0.15) is 212 Å². The standard InChI is InChI=1S/C18H38N2.C11H26N2.C10H20N2.C9H23N3.C9H20N2.C8H20N2.2C6H14N2.C6H16N2/c1-17(2,3)11-13-19-15-9-7-8-10-16(15)20-14-12-18(4,5)6;1-6-12(7-2)10-11(5)13(8-3)9-4;1-11-6-4-5-10(11)9-12-7-2-3-8-12;1-10(2)6-8-12(5)9-7-11(3)4;1-9-5-2-3-7-11(9)8-4-6-10;1-6-8(10(4)5)7-9(2)3;1-8-4-2-3-6(8)5-7;7-3-6-8-4-1-2-5-8;1-7(2)5-6-8(3)4/h15-16,19-20H,7-14H2,1-6H3;11H,6-10H2,1-5H3;10H,2-9H2,1H3;6-9H2,1-5H3;9H,2-8,10H2,1H3;8H,6-7H2,1-5H3;6H,2-5,7H2,1H3;1-7H2;5-6H2,1-4H3. The van der Waals surface area contributed by atoms with Crippen LogP contribution >= 0.6 is 0 Å². The van der Waals surface area contributed by atoms with E-state index in [-0.39, 0.29) is 0 Å². The zero-order valence-corrected chi connectivity index (χ0v) is 74.6. The van der Waals surface area contributed by atoms with Crippen LogP contribution in [0.2, 0.25) is 0 Å². The van der Waals surface area contributed by atoms with Gasteiger partial charge in [0.05, 0.1) is 0 Å². The second-order valence-electron chi connectivity index (χ2n) is 35.0. The summed E-state index contributed by atoms with van der Waals surface area (Å²) in [6.07, 6.45) is 25.6. The van der Waals surface area contributed by atoms with Crippen molar-refractivity contribution in [2.45, 2.75) is 254 Å². The number of rotatable bonds is 34. The number of likely N-dealkylation sites (tertiary alicyclic amines) is 5. The van der Waals surface area contributed by atoms with Gasteiger partial charge in [0.1, 0.15) is 0 Å². The Balaban J connectivity index is -0.00000110. The quantitative estimate of drug-likeness (QED) is 0.0416. The lowest BCUT2D eigenvalue weighted by molar-refractivity contribution is 0.160. The largest absolute Gasteiger partial charge is 0.330 e. The molecule has 19 heteroatoms. The summed E-state index contributed by atoms with van der Waals surface area (Å²) in [6.45, 7) is 61.2. The monoisotopic (exact) mass is 1450 g/mol. The zero-order chi connectivity index (χ0) is 78.1. The van der Waals surface area contributed by atoms with Crippen molar-refractivity contribution in [3.8, 4) is 0 Å². The van der Waals surface area contributed by atoms with Gasteiger partial charge in [-0.3, -0.25) is 4.90 Å². The van der Waals surface area contributed by atoms with E-state index in [1.54, 1.807) is 0 Å². The molecule has 6 rings (SSSR count). The molecule has 5 saturated heterocycles. The fourth-order valence-corrected chi connectivity index (χ4v) is 13.8. The molecule has 0 aromatic heterocycles. The van der Waals surface area contributed by atoms with E-state index in [1.807, 2.05) is 0 Å². The highest BCUT2D eigenvalue weighted by Crippen LogP contribution is 2.24. The molecule has 0 aromatic carbocycles. The number of nitrogens with two attached hydrogens (primary N) is 3. The summed E-state index contributed by atoms with van der Waals surface area (Å²) in [5, 5.41) is 7.63. The van der Waals surface area contributed by atoms with Crippen LogP contribution in [0.25, 0.3) is 0 Å². The number of piperidine rings is 1.